The number of nitrogens with zero attached hydrogens (tertiary/aromatic N) is 3. The van der Waals surface area contributed by atoms with Gasteiger partial charge in [-0.1, -0.05) is 6.42 Å². The molecule has 2 aromatic rings. The van der Waals surface area contributed by atoms with Gasteiger partial charge in [0.05, 0.1) is 13.2 Å². The van der Waals surface area contributed by atoms with Crippen molar-refractivity contribution in [2.75, 3.05) is 19.7 Å². The first-order valence-corrected chi connectivity index (χ1v) is 11.9. The summed E-state index contributed by atoms with van der Waals surface area (Å²) in [5, 5.41) is 10.3. The van der Waals surface area contributed by atoms with Crippen LogP contribution >= 0.6 is 0 Å². The number of benzene rings is 1. The first-order chi connectivity index (χ1) is 16.0. The summed E-state index contributed by atoms with van der Waals surface area (Å²) in [4.78, 5) is 28.4. The Bertz CT molecular complexity index is 965. The van der Waals surface area contributed by atoms with Crippen molar-refractivity contribution in [1.29, 1.82) is 0 Å². The molecule has 2 N–H and O–H groups in total. The molecule has 2 fully saturated rings. The standard InChI is InChI=1S/C24H32N4O2.CH2O2/c1-27-14-11-25-22(27)17-28-12-9-24(10-13-28)8-2-5-21(24)26-23(29)19-6-7-20-18(16-19)4-3-15-30-20;2-1-3/h6-7,11,14,16,21H,2-5,8-10,12-13,15,17H2,1H3,(H,26,29);1H,(H,2,3). The minimum atomic E-state index is -0.250. The van der Waals surface area contributed by atoms with Gasteiger partial charge in [-0.3, -0.25) is 14.5 Å². The van der Waals surface area contributed by atoms with Crippen molar-refractivity contribution in [2.24, 2.45) is 12.5 Å². The van der Waals surface area contributed by atoms with Crippen molar-refractivity contribution in [3.63, 3.8) is 0 Å². The number of hydrogen-bond acceptors (Lipinski definition) is 5. The average molecular weight is 455 g/mol. The van der Waals surface area contributed by atoms with E-state index in [1.54, 1.807) is 0 Å². The third-order valence-electron chi connectivity index (χ3n) is 7.52. The Labute approximate surface area is 194 Å². The second-order valence-electron chi connectivity index (χ2n) is 9.39. The molecule has 1 spiro atoms. The first-order valence-electron chi connectivity index (χ1n) is 11.9. The Kier molecular flexibility index (Phi) is 7.33. The number of hydrogen-bond donors (Lipinski definition) is 2. The zero-order chi connectivity index (χ0) is 23.3. The molecule has 8 nitrogen and oxygen atoms in total. The molecule has 1 aromatic carbocycles. The number of aromatic nitrogens is 2. The largest absolute Gasteiger partial charge is 0.493 e. The molecule has 1 unspecified atom stereocenters. The zero-order valence-electron chi connectivity index (χ0n) is 19.3. The molecule has 8 heteroatoms. The second kappa shape index (κ2) is 10.4. The summed E-state index contributed by atoms with van der Waals surface area (Å²) in [6.45, 7) is 3.60. The van der Waals surface area contributed by atoms with Crippen LogP contribution in [0.25, 0.3) is 0 Å². The number of imidazole rings is 1. The fourth-order valence-electron chi connectivity index (χ4n) is 5.61. The number of carboxylic acid groups (broad SMARTS) is 1. The van der Waals surface area contributed by atoms with Crippen LogP contribution in [0.5, 0.6) is 5.75 Å². The fraction of sp³-hybridized carbons (Fsp3) is 0.560. The van der Waals surface area contributed by atoms with Crippen LogP contribution in [-0.2, 0) is 24.8 Å². The van der Waals surface area contributed by atoms with Gasteiger partial charge in [-0.05, 0) is 80.8 Å². The Morgan fingerprint density at radius 2 is 2.09 bits per heavy atom. The van der Waals surface area contributed by atoms with E-state index in [1.165, 1.54) is 12.8 Å². The van der Waals surface area contributed by atoms with E-state index in [2.05, 4.69) is 26.8 Å². The van der Waals surface area contributed by atoms with Crippen molar-refractivity contribution in [3.05, 3.63) is 47.5 Å². The average Bonchev–Trinajstić information content (AvgIpc) is 3.41. The number of piperidine rings is 1. The highest BCUT2D eigenvalue weighted by atomic mass is 16.5. The highest BCUT2D eigenvalue weighted by Gasteiger charge is 2.45. The van der Waals surface area contributed by atoms with Gasteiger partial charge in [0.15, 0.2) is 0 Å². The SMILES string of the molecule is Cn1ccnc1CN1CCC2(CCCC2NC(=O)c2ccc3c(c2)CCCO3)CC1.O=CO. The molecular formula is C25H34N4O4. The van der Waals surface area contributed by atoms with Gasteiger partial charge in [0.1, 0.15) is 11.6 Å². The topological polar surface area (TPSA) is 96.7 Å². The summed E-state index contributed by atoms with van der Waals surface area (Å²) in [7, 11) is 2.06. The number of fused-ring (bicyclic) bond motifs is 1. The van der Waals surface area contributed by atoms with E-state index >= 15 is 0 Å². The number of carbonyl (C=O) groups excluding carboxylic acids is 1. The third kappa shape index (κ3) is 5.21. The van der Waals surface area contributed by atoms with E-state index in [1.807, 2.05) is 30.6 Å². The Morgan fingerprint density at radius 1 is 1.30 bits per heavy atom. The summed E-state index contributed by atoms with van der Waals surface area (Å²) in [6, 6.07) is 6.19. The summed E-state index contributed by atoms with van der Waals surface area (Å²) in [5.41, 5.74) is 2.19. The predicted molar refractivity (Wildman–Crippen MR) is 124 cm³/mol. The molecule has 3 aliphatic rings. The van der Waals surface area contributed by atoms with Gasteiger partial charge < -0.3 is 19.7 Å². The van der Waals surface area contributed by atoms with Gasteiger partial charge in [0.25, 0.3) is 12.4 Å². The lowest BCUT2D eigenvalue weighted by Crippen LogP contribution is -2.50. The second-order valence-corrected chi connectivity index (χ2v) is 9.39. The minimum absolute atomic E-state index is 0.0742. The monoisotopic (exact) mass is 454 g/mol. The van der Waals surface area contributed by atoms with Crippen molar-refractivity contribution in [1.82, 2.24) is 19.8 Å². The molecular weight excluding hydrogens is 420 g/mol. The summed E-state index contributed by atoms with van der Waals surface area (Å²) >= 11 is 0. The number of aryl methyl sites for hydroxylation is 2. The van der Waals surface area contributed by atoms with Crippen molar-refractivity contribution in [2.45, 2.75) is 57.5 Å². The molecule has 1 saturated heterocycles. The Morgan fingerprint density at radius 3 is 2.82 bits per heavy atom. The third-order valence-corrected chi connectivity index (χ3v) is 7.52. The number of likely N-dealkylation sites (tertiary alicyclic amines) is 1. The lowest BCUT2D eigenvalue weighted by molar-refractivity contribution is -0.122. The number of rotatable bonds is 4. The number of amides is 1. The van der Waals surface area contributed by atoms with Gasteiger partial charge in [0.2, 0.25) is 0 Å². The smallest absolute Gasteiger partial charge is 0.290 e. The number of ether oxygens (including phenoxy) is 1. The van der Waals surface area contributed by atoms with Gasteiger partial charge in [-0.2, -0.15) is 0 Å². The molecule has 1 aliphatic carbocycles. The van der Waals surface area contributed by atoms with Crippen LogP contribution in [0.3, 0.4) is 0 Å². The summed E-state index contributed by atoms with van der Waals surface area (Å²) in [6.07, 6.45) is 11.7. The highest BCUT2D eigenvalue weighted by Crippen LogP contribution is 2.46. The van der Waals surface area contributed by atoms with Crippen molar-refractivity contribution < 1.29 is 19.4 Å². The van der Waals surface area contributed by atoms with Crippen LogP contribution in [0.1, 0.15) is 60.3 Å². The van der Waals surface area contributed by atoms with E-state index < -0.39 is 0 Å². The van der Waals surface area contributed by atoms with E-state index in [0.717, 1.165) is 81.0 Å². The minimum Gasteiger partial charge on any atom is -0.493 e. The molecule has 33 heavy (non-hydrogen) atoms. The molecule has 2 aliphatic heterocycles. The highest BCUT2D eigenvalue weighted by molar-refractivity contribution is 5.94. The maximum Gasteiger partial charge on any atom is 0.290 e. The van der Waals surface area contributed by atoms with Crippen molar-refractivity contribution in [3.8, 4) is 5.75 Å². The zero-order valence-corrected chi connectivity index (χ0v) is 19.3. The maximum absolute atomic E-state index is 13.1. The van der Waals surface area contributed by atoms with E-state index in [4.69, 9.17) is 14.6 Å². The Hall–Kier alpha value is -2.87. The molecule has 1 saturated carbocycles. The molecule has 5 rings (SSSR count). The predicted octanol–water partition coefficient (Wildman–Crippen LogP) is 3.01. The summed E-state index contributed by atoms with van der Waals surface area (Å²) < 4.78 is 7.80. The van der Waals surface area contributed by atoms with Gasteiger partial charge in [0, 0.05) is 31.0 Å². The quantitative estimate of drug-likeness (QED) is 0.690. The van der Waals surface area contributed by atoms with E-state index in [-0.39, 0.29) is 23.8 Å². The molecule has 0 bridgehead atoms. The van der Waals surface area contributed by atoms with Crippen LogP contribution in [0.4, 0.5) is 0 Å². The maximum atomic E-state index is 13.1. The molecule has 1 atom stereocenters. The van der Waals surface area contributed by atoms with E-state index in [0.29, 0.717) is 0 Å². The van der Waals surface area contributed by atoms with Gasteiger partial charge in [-0.25, -0.2) is 4.98 Å². The lowest BCUT2D eigenvalue weighted by atomic mass is 9.74. The molecule has 178 valence electrons. The number of carbonyl (C=O) groups is 2. The van der Waals surface area contributed by atoms with Crippen LogP contribution in [0, 0.1) is 5.41 Å². The molecule has 0 radical (unpaired) electrons. The first kappa shape index (κ1) is 23.3. The molecule has 1 amide bonds. The van der Waals surface area contributed by atoms with Gasteiger partial charge in [-0.15, -0.1) is 0 Å². The fourth-order valence-corrected chi connectivity index (χ4v) is 5.61. The van der Waals surface area contributed by atoms with Crippen LogP contribution in [0.15, 0.2) is 30.6 Å². The molecule has 1 aromatic heterocycles. The summed E-state index contributed by atoms with van der Waals surface area (Å²) in [5.74, 6) is 2.14. The van der Waals surface area contributed by atoms with Crippen LogP contribution < -0.4 is 10.1 Å². The number of nitrogens with one attached hydrogen (secondary N) is 1. The van der Waals surface area contributed by atoms with Crippen molar-refractivity contribution >= 4 is 12.4 Å². The Balaban J connectivity index is 0.000000821. The van der Waals surface area contributed by atoms with Crippen LogP contribution in [-0.4, -0.2) is 57.7 Å². The lowest BCUT2D eigenvalue weighted by Gasteiger charge is -2.43. The van der Waals surface area contributed by atoms with Gasteiger partial charge >= 0.3 is 0 Å². The van der Waals surface area contributed by atoms with E-state index in [9.17, 15) is 4.79 Å². The normalized spacial score (nSPS) is 21.4. The molecule has 3 heterocycles. The van der Waals surface area contributed by atoms with Crippen LogP contribution in [0.2, 0.25) is 0 Å².